The molecule has 0 aliphatic rings. The molecule has 0 saturated heterocycles. The van der Waals surface area contributed by atoms with Crippen LogP contribution in [0.3, 0.4) is 0 Å². The number of carbonyl (C=O) groups is 2. The Hall–Kier alpha value is -3.93. The number of halogens is 1. The lowest BCUT2D eigenvalue weighted by molar-refractivity contribution is 0.0729. The molecule has 0 bridgehead atoms. The molecule has 0 radical (unpaired) electrons. The molecule has 0 fully saturated rings. The SMILES string of the molecule is COc1ccc(C(=O)C=Cc2ccc(OC(=O)c3ccc(F)cc3)c(OC)c2)cc1. The molecule has 3 aromatic rings. The summed E-state index contributed by atoms with van der Waals surface area (Å²) in [5, 5.41) is 0. The van der Waals surface area contributed by atoms with Gasteiger partial charge in [-0.3, -0.25) is 4.79 Å². The fraction of sp³-hybridized carbons (Fsp3) is 0.0833. The van der Waals surface area contributed by atoms with Crippen LogP contribution in [0.1, 0.15) is 26.3 Å². The third-order valence-corrected chi connectivity index (χ3v) is 4.27. The van der Waals surface area contributed by atoms with E-state index in [4.69, 9.17) is 14.2 Å². The predicted molar refractivity (Wildman–Crippen MR) is 111 cm³/mol. The third-order valence-electron chi connectivity index (χ3n) is 4.27. The van der Waals surface area contributed by atoms with E-state index in [0.29, 0.717) is 22.6 Å². The second-order valence-electron chi connectivity index (χ2n) is 6.23. The molecule has 0 aliphatic heterocycles. The number of hydrogen-bond donors (Lipinski definition) is 0. The lowest BCUT2D eigenvalue weighted by Crippen LogP contribution is -2.09. The number of esters is 1. The molecule has 3 aromatic carbocycles. The van der Waals surface area contributed by atoms with Gasteiger partial charge in [0.25, 0.3) is 0 Å². The second kappa shape index (κ2) is 9.52. The first-order valence-electron chi connectivity index (χ1n) is 9.02. The molecule has 0 unspecified atom stereocenters. The Morgan fingerprint density at radius 2 is 1.47 bits per heavy atom. The van der Waals surface area contributed by atoms with Gasteiger partial charge < -0.3 is 14.2 Å². The van der Waals surface area contributed by atoms with Crippen LogP contribution in [0.15, 0.2) is 72.8 Å². The highest BCUT2D eigenvalue weighted by Gasteiger charge is 2.13. The zero-order valence-electron chi connectivity index (χ0n) is 16.4. The first-order chi connectivity index (χ1) is 14.5. The number of hydrogen-bond acceptors (Lipinski definition) is 5. The van der Waals surface area contributed by atoms with Gasteiger partial charge in [-0.25, -0.2) is 9.18 Å². The molecule has 5 nitrogen and oxygen atoms in total. The van der Waals surface area contributed by atoms with Gasteiger partial charge in [-0.15, -0.1) is 0 Å². The molecule has 3 rings (SSSR count). The molecule has 0 spiro atoms. The van der Waals surface area contributed by atoms with Gasteiger partial charge in [0.15, 0.2) is 17.3 Å². The summed E-state index contributed by atoms with van der Waals surface area (Å²) in [6, 6.07) is 16.7. The van der Waals surface area contributed by atoms with Gasteiger partial charge in [-0.05, 0) is 72.3 Å². The molecule has 0 saturated carbocycles. The highest BCUT2D eigenvalue weighted by molar-refractivity contribution is 6.06. The molecular weight excluding hydrogens is 387 g/mol. The lowest BCUT2D eigenvalue weighted by atomic mass is 10.1. The topological polar surface area (TPSA) is 61.8 Å². The maximum Gasteiger partial charge on any atom is 0.343 e. The highest BCUT2D eigenvalue weighted by atomic mass is 19.1. The van der Waals surface area contributed by atoms with Gasteiger partial charge in [-0.1, -0.05) is 12.1 Å². The number of methoxy groups -OCH3 is 2. The Kier molecular flexibility index (Phi) is 6.60. The fourth-order valence-corrected chi connectivity index (χ4v) is 2.64. The van der Waals surface area contributed by atoms with Crippen molar-refractivity contribution in [1.82, 2.24) is 0 Å². The monoisotopic (exact) mass is 406 g/mol. The largest absolute Gasteiger partial charge is 0.497 e. The van der Waals surface area contributed by atoms with E-state index in [-0.39, 0.29) is 17.1 Å². The normalized spacial score (nSPS) is 10.6. The Morgan fingerprint density at radius 1 is 0.800 bits per heavy atom. The van der Waals surface area contributed by atoms with Crippen LogP contribution in [0.5, 0.6) is 17.2 Å². The number of ether oxygens (including phenoxy) is 3. The highest BCUT2D eigenvalue weighted by Crippen LogP contribution is 2.29. The number of rotatable bonds is 7. The minimum absolute atomic E-state index is 0.163. The zero-order chi connectivity index (χ0) is 21.5. The zero-order valence-corrected chi connectivity index (χ0v) is 16.4. The molecule has 0 atom stereocenters. The van der Waals surface area contributed by atoms with Crippen molar-refractivity contribution in [2.75, 3.05) is 14.2 Å². The maximum atomic E-state index is 13.0. The molecular formula is C24H19FO5. The van der Waals surface area contributed by atoms with E-state index >= 15 is 0 Å². The Morgan fingerprint density at radius 3 is 2.10 bits per heavy atom. The summed E-state index contributed by atoms with van der Waals surface area (Å²) in [5.74, 6) is -0.0276. The summed E-state index contributed by atoms with van der Waals surface area (Å²) in [7, 11) is 3.01. The quantitative estimate of drug-likeness (QED) is 0.240. The van der Waals surface area contributed by atoms with Crippen LogP contribution in [0.25, 0.3) is 6.08 Å². The molecule has 0 aliphatic carbocycles. The van der Waals surface area contributed by atoms with E-state index in [2.05, 4.69) is 0 Å². The minimum atomic E-state index is -0.633. The summed E-state index contributed by atoms with van der Waals surface area (Å²) < 4.78 is 28.7. The van der Waals surface area contributed by atoms with Crippen molar-refractivity contribution in [2.45, 2.75) is 0 Å². The van der Waals surface area contributed by atoms with Crippen molar-refractivity contribution < 1.29 is 28.2 Å². The van der Waals surface area contributed by atoms with Gasteiger partial charge in [0.1, 0.15) is 11.6 Å². The standard InChI is InChI=1S/C24H19FO5/c1-28-20-11-7-17(8-12-20)21(26)13-3-16-4-14-22(23(15-16)29-2)30-24(27)18-5-9-19(25)10-6-18/h3-15H,1-2H3. The number of allylic oxidation sites excluding steroid dienone is 1. The fourth-order valence-electron chi connectivity index (χ4n) is 2.64. The molecule has 0 N–H and O–H groups in total. The molecule has 0 aromatic heterocycles. The summed E-state index contributed by atoms with van der Waals surface area (Å²) in [4.78, 5) is 24.5. The van der Waals surface area contributed by atoms with Gasteiger partial charge in [-0.2, -0.15) is 0 Å². The number of benzene rings is 3. The summed E-state index contributed by atoms with van der Waals surface area (Å²) in [6.45, 7) is 0. The molecule has 0 amide bonds. The van der Waals surface area contributed by atoms with E-state index < -0.39 is 11.8 Å². The van der Waals surface area contributed by atoms with Crippen LogP contribution < -0.4 is 14.2 Å². The van der Waals surface area contributed by atoms with Crippen LogP contribution in [-0.4, -0.2) is 26.0 Å². The average molecular weight is 406 g/mol. The van der Waals surface area contributed by atoms with E-state index in [1.165, 1.54) is 37.5 Å². The van der Waals surface area contributed by atoms with Gasteiger partial charge >= 0.3 is 5.97 Å². The summed E-state index contributed by atoms with van der Waals surface area (Å²) in [6.07, 6.45) is 3.08. The van der Waals surface area contributed by atoms with Gasteiger partial charge in [0.2, 0.25) is 0 Å². The van der Waals surface area contributed by atoms with Crippen LogP contribution >= 0.6 is 0 Å². The van der Waals surface area contributed by atoms with E-state index in [9.17, 15) is 14.0 Å². The van der Waals surface area contributed by atoms with Crippen molar-refractivity contribution in [3.63, 3.8) is 0 Å². The molecule has 152 valence electrons. The Bertz CT molecular complexity index is 1070. The molecule has 30 heavy (non-hydrogen) atoms. The van der Waals surface area contributed by atoms with Crippen molar-refractivity contribution in [1.29, 1.82) is 0 Å². The van der Waals surface area contributed by atoms with Crippen LogP contribution in [0.2, 0.25) is 0 Å². The first-order valence-corrected chi connectivity index (χ1v) is 9.02. The van der Waals surface area contributed by atoms with Gasteiger partial charge in [0, 0.05) is 5.56 Å². The molecule has 0 heterocycles. The second-order valence-corrected chi connectivity index (χ2v) is 6.23. The molecule has 6 heteroatoms. The average Bonchev–Trinajstić information content (AvgIpc) is 2.78. The number of ketones is 1. The van der Waals surface area contributed by atoms with Crippen LogP contribution in [0, 0.1) is 5.82 Å². The van der Waals surface area contributed by atoms with Crippen LogP contribution in [0.4, 0.5) is 4.39 Å². The summed E-state index contributed by atoms with van der Waals surface area (Å²) >= 11 is 0. The van der Waals surface area contributed by atoms with Crippen molar-refractivity contribution in [2.24, 2.45) is 0 Å². The lowest BCUT2D eigenvalue weighted by Gasteiger charge is -2.10. The predicted octanol–water partition coefficient (Wildman–Crippen LogP) is 4.96. The van der Waals surface area contributed by atoms with Crippen molar-refractivity contribution in [3.8, 4) is 17.2 Å². The van der Waals surface area contributed by atoms with E-state index in [1.54, 1.807) is 55.7 Å². The summed E-state index contributed by atoms with van der Waals surface area (Å²) in [5.41, 5.74) is 1.44. The first kappa shape index (κ1) is 20.8. The van der Waals surface area contributed by atoms with Crippen LogP contribution in [-0.2, 0) is 0 Å². The van der Waals surface area contributed by atoms with E-state index in [0.717, 1.165) is 0 Å². The minimum Gasteiger partial charge on any atom is -0.497 e. The third kappa shape index (κ3) is 5.11. The smallest absolute Gasteiger partial charge is 0.343 e. The Labute approximate surface area is 173 Å². The Balaban J connectivity index is 1.72. The van der Waals surface area contributed by atoms with Gasteiger partial charge in [0.05, 0.1) is 19.8 Å². The number of carbonyl (C=O) groups excluding carboxylic acids is 2. The van der Waals surface area contributed by atoms with E-state index in [1.807, 2.05) is 0 Å². The maximum absolute atomic E-state index is 13.0. The van der Waals surface area contributed by atoms with Crippen molar-refractivity contribution >= 4 is 17.8 Å². The van der Waals surface area contributed by atoms with Crippen molar-refractivity contribution in [3.05, 3.63) is 95.3 Å².